The van der Waals surface area contributed by atoms with Crippen molar-refractivity contribution in [2.45, 2.75) is 39.5 Å². The first kappa shape index (κ1) is 14.8. The van der Waals surface area contributed by atoms with E-state index in [1.165, 1.54) is 0 Å². The van der Waals surface area contributed by atoms with E-state index in [2.05, 4.69) is 4.18 Å². The quantitative estimate of drug-likeness (QED) is 0.750. The van der Waals surface area contributed by atoms with Crippen molar-refractivity contribution in [1.82, 2.24) is 0 Å². The summed E-state index contributed by atoms with van der Waals surface area (Å²) >= 11 is 0. The molecule has 0 radical (unpaired) electrons. The molecule has 2 rings (SSSR count). The second-order valence-electron chi connectivity index (χ2n) is 5.90. The topological polar surface area (TPSA) is 60.4 Å². The predicted molar refractivity (Wildman–Crippen MR) is 59.5 cm³/mol. The van der Waals surface area contributed by atoms with Crippen LogP contribution in [0.2, 0.25) is 0 Å². The van der Waals surface area contributed by atoms with Crippen LogP contribution in [0.25, 0.3) is 0 Å². The third-order valence-electron chi connectivity index (χ3n) is 4.78. The third-order valence-corrected chi connectivity index (χ3v) is 6.07. The molecule has 19 heavy (non-hydrogen) atoms. The van der Waals surface area contributed by atoms with E-state index in [4.69, 9.17) is 0 Å². The minimum absolute atomic E-state index is 0.0427. The van der Waals surface area contributed by atoms with E-state index in [-0.39, 0.29) is 18.1 Å². The molecule has 0 aromatic carbocycles. The molecule has 0 N–H and O–H groups in total. The molecule has 8 heteroatoms. The molecule has 2 bridgehead atoms. The fourth-order valence-electron chi connectivity index (χ4n) is 3.58. The van der Waals surface area contributed by atoms with E-state index < -0.39 is 33.1 Å². The summed E-state index contributed by atoms with van der Waals surface area (Å²) in [4.78, 5) is 12.0. The minimum Gasteiger partial charge on any atom is -0.299 e. The van der Waals surface area contributed by atoms with E-state index in [0.29, 0.717) is 12.8 Å². The number of ketones is 1. The lowest BCUT2D eigenvalue weighted by atomic mass is 9.70. The number of rotatable bonds is 3. The molecular formula is C11H15F3O4S. The summed E-state index contributed by atoms with van der Waals surface area (Å²) in [5.41, 5.74) is -1.84. The van der Waals surface area contributed by atoms with Crippen LogP contribution in [0, 0.1) is 16.7 Å². The summed E-state index contributed by atoms with van der Waals surface area (Å²) < 4.78 is 62.4. The Morgan fingerprint density at radius 3 is 2.32 bits per heavy atom. The van der Waals surface area contributed by atoms with Gasteiger partial charge in [0, 0.05) is 6.42 Å². The van der Waals surface area contributed by atoms with Crippen LogP contribution in [0.15, 0.2) is 0 Å². The van der Waals surface area contributed by atoms with E-state index in [1.807, 2.05) is 0 Å². The summed E-state index contributed by atoms with van der Waals surface area (Å²) in [6.07, 6.45) is -4.03. The van der Waals surface area contributed by atoms with E-state index >= 15 is 0 Å². The van der Waals surface area contributed by atoms with Gasteiger partial charge in [-0.05, 0) is 24.2 Å². The highest BCUT2D eigenvalue weighted by Crippen LogP contribution is 2.64. The van der Waals surface area contributed by atoms with Gasteiger partial charge in [-0.2, -0.15) is 12.6 Å². The molecule has 0 amide bonds. The Kier molecular flexibility index (Phi) is 3.06. The first-order valence-corrected chi connectivity index (χ1v) is 7.51. The van der Waals surface area contributed by atoms with Gasteiger partial charge in [-0.25, -0.2) is 0 Å². The van der Waals surface area contributed by atoms with E-state index in [1.54, 1.807) is 13.8 Å². The molecule has 0 spiro atoms. The Balaban J connectivity index is 2.30. The first-order chi connectivity index (χ1) is 8.40. The molecule has 4 nitrogen and oxygen atoms in total. The van der Waals surface area contributed by atoms with Crippen LogP contribution in [-0.4, -0.2) is 26.3 Å². The van der Waals surface area contributed by atoms with Crippen molar-refractivity contribution < 1.29 is 30.6 Å². The van der Waals surface area contributed by atoms with Gasteiger partial charge in [0.15, 0.2) is 0 Å². The van der Waals surface area contributed by atoms with Gasteiger partial charge in [-0.3, -0.25) is 4.79 Å². The summed E-state index contributed by atoms with van der Waals surface area (Å²) in [7, 11) is -4.82. The average molecular weight is 300 g/mol. The van der Waals surface area contributed by atoms with Crippen molar-refractivity contribution in [2.75, 3.05) is 5.75 Å². The van der Waals surface area contributed by atoms with Crippen LogP contribution in [-0.2, 0) is 19.1 Å². The van der Waals surface area contributed by atoms with Crippen LogP contribution < -0.4 is 0 Å². The Labute approximate surface area is 109 Å². The summed E-state index contributed by atoms with van der Waals surface area (Å²) in [6, 6.07) is 0. The minimum atomic E-state index is -5.25. The smallest absolute Gasteiger partial charge is 0.299 e. The number of alkyl halides is 3. The zero-order valence-corrected chi connectivity index (χ0v) is 11.4. The van der Waals surface area contributed by atoms with Gasteiger partial charge in [-0.15, -0.1) is 13.2 Å². The van der Waals surface area contributed by atoms with Crippen LogP contribution in [0.3, 0.4) is 0 Å². The second kappa shape index (κ2) is 3.94. The maximum atomic E-state index is 12.1. The molecule has 2 atom stereocenters. The highest BCUT2D eigenvalue weighted by molar-refractivity contribution is 7.86. The molecule has 2 unspecified atom stereocenters. The highest BCUT2D eigenvalue weighted by Gasteiger charge is 2.65. The number of carbonyl (C=O) groups is 1. The lowest BCUT2D eigenvalue weighted by Gasteiger charge is -2.35. The van der Waals surface area contributed by atoms with Crippen LogP contribution in [0.1, 0.15) is 33.1 Å². The van der Waals surface area contributed by atoms with Gasteiger partial charge in [-0.1, -0.05) is 13.8 Å². The molecule has 2 aliphatic carbocycles. The Hall–Kier alpha value is -0.630. The highest BCUT2D eigenvalue weighted by atomic mass is 32.2. The molecule has 110 valence electrons. The fraction of sp³-hybridized carbons (Fsp3) is 0.909. The number of hydrogen-bond acceptors (Lipinski definition) is 4. The van der Waals surface area contributed by atoms with E-state index in [9.17, 15) is 26.4 Å². The van der Waals surface area contributed by atoms with Crippen LogP contribution >= 0.6 is 0 Å². The number of hydrogen-bond donors (Lipinski definition) is 0. The third kappa shape index (κ3) is 2.29. The summed E-state index contributed by atoms with van der Waals surface area (Å²) in [5, 5.41) is 0. The monoisotopic (exact) mass is 300 g/mol. The van der Waals surface area contributed by atoms with Gasteiger partial charge in [0.1, 0.15) is 5.78 Å². The van der Waals surface area contributed by atoms with Crippen LogP contribution in [0.4, 0.5) is 13.2 Å². The fourth-order valence-corrected chi connectivity index (χ4v) is 5.21. The molecule has 2 fully saturated rings. The Morgan fingerprint density at radius 1 is 1.37 bits per heavy atom. The van der Waals surface area contributed by atoms with Crippen LogP contribution in [0.5, 0.6) is 0 Å². The van der Waals surface area contributed by atoms with Crippen molar-refractivity contribution in [1.29, 1.82) is 0 Å². The number of fused-ring (bicyclic) bond motifs is 2. The summed E-state index contributed by atoms with van der Waals surface area (Å²) in [6.45, 7) is 3.50. The van der Waals surface area contributed by atoms with Crippen molar-refractivity contribution in [2.24, 2.45) is 16.7 Å². The average Bonchev–Trinajstić information content (AvgIpc) is 2.46. The molecule has 2 saturated carbocycles. The SMILES string of the molecule is CC1(C)C2CCC1(CS(=O)(=O)OC(F)(F)F)C(=O)C2. The molecular weight excluding hydrogens is 285 g/mol. The van der Waals surface area contributed by atoms with Crippen molar-refractivity contribution >= 4 is 15.9 Å². The zero-order chi connectivity index (χ0) is 14.7. The van der Waals surface area contributed by atoms with Crippen molar-refractivity contribution in [3.05, 3.63) is 0 Å². The number of carbonyl (C=O) groups excluding carboxylic acids is 1. The number of Topliss-reactive ketones (excluding diaryl/α,β-unsaturated/α-hetero) is 1. The van der Waals surface area contributed by atoms with E-state index in [0.717, 1.165) is 0 Å². The van der Waals surface area contributed by atoms with Gasteiger partial charge < -0.3 is 0 Å². The molecule has 0 saturated heterocycles. The standard InChI is InChI=1S/C11H15F3O4S/c1-9(2)7-3-4-10(9,8(15)5-7)6-19(16,17)18-11(12,13)14/h7H,3-6H2,1-2H3. The van der Waals surface area contributed by atoms with Gasteiger partial charge in [0.25, 0.3) is 10.1 Å². The van der Waals surface area contributed by atoms with Gasteiger partial charge in [0.05, 0.1) is 11.2 Å². The molecule has 0 heterocycles. The Bertz CT molecular complexity index is 509. The normalized spacial score (nSPS) is 33.9. The lowest BCUT2D eigenvalue weighted by Crippen LogP contribution is -2.43. The first-order valence-electron chi connectivity index (χ1n) is 5.93. The zero-order valence-electron chi connectivity index (χ0n) is 10.6. The maximum Gasteiger partial charge on any atom is 0.537 e. The number of halogens is 3. The molecule has 0 aromatic rings. The van der Waals surface area contributed by atoms with Crippen molar-refractivity contribution in [3.63, 3.8) is 0 Å². The van der Waals surface area contributed by atoms with Crippen molar-refractivity contribution in [3.8, 4) is 0 Å². The summed E-state index contributed by atoms with van der Waals surface area (Å²) in [5.74, 6) is -1.11. The largest absolute Gasteiger partial charge is 0.537 e. The van der Waals surface area contributed by atoms with Gasteiger partial charge >= 0.3 is 6.36 Å². The van der Waals surface area contributed by atoms with Gasteiger partial charge in [0.2, 0.25) is 0 Å². The molecule has 0 aliphatic heterocycles. The molecule has 0 aromatic heterocycles. The maximum absolute atomic E-state index is 12.1. The molecule has 2 aliphatic rings. The Morgan fingerprint density at radius 2 is 1.95 bits per heavy atom. The second-order valence-corrected chi connectivity index (χ2v) is 7.47. The predicted octanol–water partition coefficient (Wildman–Crippen LogP) is 2.25. The lowest BCUT2D eigenvalue weighted by molar-refractivity contribution is -0.272.